The molecule has 0 unspecified atom stereocenters. The van der Waals surface area contributed by atoms with Gasteiger partial charge >= 0.3 is 6.03 Å². The first-order valence-electron chi connectivity index (χ1n) is 12.8. The summed E-state index contributed by atoms with van der Waals surface area (Å²) < 4.78 is 24.7. The highest BCUT2D eigenvalue weighted by atomic mass is 32.1. The third-order valence-corrected chi connectivity index (χ3v) is 7.52. The summed E-state index contributed by atoms with van der Waals surface area (Å²) in [5.74, 6) is 0.107. The average molecular weight is 533 g/mol. The van der Waals surface area contributed by atoms with Gasteiger partial charge in [-0.1, -0.05) is 0 Å². The average Bonchev–Trinajstić information content (AvgIpc) is 3.34. The Bertz CT molecular complexity index is 1050. The number of fused-ring (bicyclic) bond motifs is 1. The van der Waals surface area contributed by atoms with E-state index in [1.54, 1.807) is 28.4 Å². The van der Waals surface area contributed by atoms with Crippen molar-refractivity contribution >= 4 is 23.3 Å². The van der Waals surface area contributed by atoms with Crippen molar-refractivity contribution in [2.75, 3.05) is 59.1 Å². The lowest BCUT2D eigenvalue weighted by Gasteiger charge is -2.38. The number of carbonyl (C=O) groups is 2. The van der Waals surface area contributed by atoms with Crippen LogP contribution in [-0.2, 0) is 16.0 Å². The molecule has 1 aromatic carbocycles. The zero-order valence-corrected chi connectivity index (χ0v) is 22.7. The molecule has 3 heterocycles. The Kier molecular flexibility index (Phi) is 9.04. The third-order valence-electron chi connectivity index (χ3n) is 6.52. The zero-order valence-electron chi connectivity index (χ0n) is 21.9. The highest BCUT2D eigenvalue weighted by Crippen LogP contribution is 2.34. The van der Waals surface area contributed by atoms with Crippen LogP contribution in [0.4, 0.5) is 9.18 Å². The summed E-state index contributed by atoms with van der Waals surface area (Å²) in [6, 6.07) is 7.40. The molecule has 2 aliphatic rings. The van der Waals surface area contributed by atoms with Gasteiger partial charge in [-0.2, -0.15) is 0 Å². The van der Waals surface area contributed by atoms with Gasteiger partial charge in [-0.3, -0.25) is 9.69 Å². The Morgan fingerprint density at radius 3 is 2.59 bits per heavy atom. The molecule has 1 saturated heterocycles. The lowest BCUT2D eigenvalue weighted by atomic mass is 10.0. The van der Waals surface area contributed by atoms with Gasteiger partial charge in [0, 0.05) is 43.1 Å². The topological polar surface area (TPSA) is 74.4 Å². The molecular formula is C27H37FN4O4S. The van der Waals surface area contributed by atoms with Gasteiger partial charge in [0.15, 0.2) is 0 Å². The summed E-state index contributed by atoms with van der Waals surface area (Å²) in [6.45, 7) is 10.7. The molecule has 2 aliphatic heterocycles. The molecule has 0 saturated carbocycles. The molecular weight excluding hydrogens is 495 g/mol. The van der Waals surface area contributed by atoms with Gasteiger partial charge in [0.2, 0.25) is 5.91 Å². The molecule has 3 amide bonds. The minimum absolute atomic E-state index is 0.0151. The number of hydrogen-bond acceptors (Lipinski definition) is 6. The van der Waals surface area contributed by atoms with Crippen molar-refractivity contribution in [2.45, 2.75) is 38.8 Å². The molecule has 1 N–H and O–H groups in total. The molecule has 202 valence electrons. The van der Waals surface area contributed by atoms with Gasteiger partial charge in [0.1, 0.15) is 24.7 Å². The zero-order chi connectivity index (χ0) is 26.4. The SMILES string of the molecule is CC(C)(C)NC(=O)N(CCN1CCOCC1)CC(=O)N1CCc2sccc2[C@@H]1COc1ccc(F)cc1. The minimum Gasteiger partial charge on any atom is -0.491 e. The fraction of sp³-hybridized carbons (Fsp3) is 0.556. The van der Waals surface area contributed by atoms with Crippen LogP contribution in [0.25, 0.3) is 0 Å². The number of nitrogens with one attached hydrogen (secondary N) is 1. The van der Waals surface area contributed by atoms with E-state index in [1.807, 2.05) is 37.1 Å². The van der Waals surface area contributed by atoms with Crippen LogP contribution in [0.3, 0.4) is 0 Å². The Morgan fingerprint density at radius 1 is 1.16 bits per heavy atom. The van der Waals surface area contributed by atoms with E-state index in [4.69, 9.17) is 9.47 Å². The maximum absolute atomic E-state index is 13.7. The number of nitrogens with zero attached hydrogens (tertiary/aromatic N) is 3. The normalized spacial score (nSPS) is 18.3. The van der Waals surface area contributed by atoms with Crippen LogP contribution < -0.4 is 10.1 Å². The minimum atomic E-state index is -0.417. The van der Waals surface area contributed by atoms with Crippen LogP contribution in [0.2, 0.25) is 0 Å². The predicted octanol–water partition coefficient (Wildman–Crippen LogP) is 3.53. The van der Waals surface area contributed by atoms with Crippen molar-refractivity contribution in [3.8, 4) is 5.75 Å². The van der Waals surface area contributed by atoms with Crippen LogP contribution in [0.15, 0.2) is 35.7 Å². The largest absolute Gasteiger partial charge is 0.491 e. The Labute approximate surface area is 222 Å². The molecule has 0 bridgehead atoms. The van der Waals surface area contributed by atoms with E-state index in [-0.39, 0.29) is 36.9 Å². The number of benzene rings is 1. The van der Waals surface area contributed by atoms with E-state index in [2.05, 4.69) is 10.2 Å². The van der Waals surface area contributed by atoms with Gasteiger partial charge < -0.3 is 24.6 Å². The van der Waals surface area contributed by atoms with Crippen LogP contribution in [0, 0.1) is 5.82 Å². The lowest BCUT2D eigenvalue weighted by molar-refractivity contribution is -0.135. The van der Waals surface area contributed by atoms with Gasteiger partial charge in [-0.15, -0.1) is 11.3 Å². The first-order chi connectivity index (χ1) is 17.7. The van der Waals surface area contributed by atoms with Gasteiger partial charge in [0.25, 0.3) is 0 Å². The van der Waals surface area contributed by atoms with Crippen LogP contribution in [-0.4, -0.2) is 91.3 Å². The Balaban J connectivity index is 1.47. The molecule has 1 atom stereocenters. The van der Waals surface area contributed by atoms with Crippen molar-refractivity contribution in [1.82, 2.24) is 20.0 Å². The molecule has 2 aromatic rings. The number of amides is 3. The van der Waals surface area contributed by atoms with Crippen molar-refractivity contribution < 1.29 is 23.5 Å². The van der Waals surface area contributed by atoms with Crippen LogP contribution >= 0.6 is 11.3 Å². The van der Waals surface area contributed by atoms with E-state index < -0.39 is 5.54 Å². The van der Waals surface area contributed by atoms with Crippen molar-refractivity contribution in [3.63, 3.8) is 0 Å². The number of urea groups is 1. The van der Waals surface area contributed by atoms with E-state index in [9.17, 15) is 14.0 Å². The predicted molar refractivity (Wildman–Crippen MR) is 141 cm³/mol. The first-order valence-corrected chi connectivity index (χ1v) is 13.7. The van der Waals surface area contributed by atoms with E-state index >= 15 is 0 Å². The second-order valence-electron chi connectivity index (χ2n) is 10.5. The maximum Gasteiger partial charge on any atom is 0.318 e. The molecule has 0 radical (unpaired) electrons. The highest BCUT2D eigenvalue weighted by Gasteiger charge is 2.34. The van der Waals surface area contributed by atoms with Crippen LogP contribution in [0.5, 0.6) is 5.75 Å². The molecule has 0 spiro atoms. The first kappa shape index (κ1) is 27.3. The van der Waals surface area contributed by atoms with Crippen LogP contribution in [0.1, 0.15) is 37.3 Å². The van der Waals surface area contributed by atoms with E-state index in [1.165, 1.54) is 17.0 Å². The summed E-state index contributed by atoms with van der Waals surface area (Å²) in [5.41, 5.74) is 0.658. The van der Waals surface area contributed by atoms with E-state index in [0.29, 0.717) is 38.6 Å². The van der Waals surface area contributed by atoms with E-state index in [0.717, 1.165) is 25.1 Å². The standard InChI is InChI=1S/C27H37FN4O4S/c1-27(2,3)29-26(34)31(12-11-30-13-15-35-16-14-30)18-25(33)32-10-8-24-22(9-17-37-24)23(32)19-36-21-6-4-20(28)5-7-21/h4-7,9,17,23H,8,10-16,18-19H2,1-3H3,(H,29,34)/t23-/m0/s1. The molecule has 37 heavy (non-hydrogen) atoms. The number of ether oxygens (including phenoxy) is 2. The third kappa shape index (κ3) is 7.66. The fourth-order valence-corrected chi connectivity index (χ4v) is 5.50. The van der Waals surface area contributed by atoms with Gasteiger partial charge in [-0.25, -0.2) is 9.18 Å². The molecule has 1 aromatic heterocycles. The summed E-state index contributed by atoms with van der Waals surface area (Å²) in [7, 11) is 0. The second-order valence-corrected chi connectivity index (χ2v) is 11.5. The smallest absolute Gasteiger partial charge is 0.318 e. The van der Waals surface area contributed by atoms with Gasteiger partial charge in [-0.05, 0) is 68.5 Å². The fourth-order valence-electron chi connectivity index (χ4n) is 4.57. The monoisotopic (exact) mass is 532 g/mol. The Morgan fingerprint density at radius 2 is 1.89 bits per heavy atom. The summed E-state index contributed by atoms with van der Waals surface area (Å²) in [6.07, 6.45) is 0.772. The highest BCUT2D eigenvalue weighted by molar-refractivity contribution is 7.10. The molecule has 0 aliphatic carbocycles. The molecule has 8 nitrogen and oxygen atoms in total. The number of carbonyl (C=O) groups excluding carboxylic acids is 2. The Hall–Kier alpha value is -2.69. The number of morpholine rings is 1. The molecule has 1 fully saturated rings. The number of thiophene rings is 1. The molecule has 10 heteroatoms. The van der Waals surface area contributed by atoms with Crippen molar-refractivity contribution in [3.05, 3.63) is 52.0 Å². The molecule has 4 rings (SSSR count). The van der Waals surface area contributed by atoms with Crippen molar-refractivity contribution in [2.24, 2.45) is 0 Å². The quantitative estimate of drug-likeness (QED) is 0.563. The summed E-state index contributed by atoms with van der Waals surface area (Å²) >= 11 is 1.68. The number of halogens is 1. The van der Waals surface area contributed by atoms with Gasteiger partial charge in [0.05, 0.1) is 19.3 Å². The number of hydrogen-bond donors (Lipinski definition) is 1. The van der Waals surface area contributed by atoms with Crippen molar-refractivity contribution in [1.29, 1.82) is 0 Å². The number of rotatable bonds is 8. The summed E-state index contributed by atoms with van der Waals surface area (Å²) in [5, 5.41) is 5.05. The second kappa shape index (κ2) is 12.2. The summed E-state index contributed by atoms with van der Waals surface area (Å²) in [4.78, 5) is 33.8. The lowest BCUT2D eigenvalue weighted by Crippen LogP contribution is -2.54. The maximum atomic E-state index is 13.7.